The Bertz CT molecular complexity index is 600. The van der Waals surface area contributed by atoms with E-state index in [0.717, 1.165) is 64.6 Å². The van der Waals surface area contributed by atoms with Crippen LogP contribution in [0.1, 0.15) is 62.2 Å². The van der Waals surface area contributed by atoms with Crippen molar-refractivity contribution < 1.29 is 18.6 Å². The van der Waals surface area contributed by atoms with Crippen LogP contribution in [0.15, 0.2) is 24.3 Å². The number of halogens is 1. The van der Waals surface area contributed by atoms with Crippen LogP contribution in [0.3, 0.4) is 0 Å². The van der Waals surface area contributed by atoms with Gasteiger partial charge in [0.2, 0.25) is 0 Å². The Hall–Kier alpha value is -1.69. The molecular formula is C21H31BFNO3. The number of carbonyl (C=O) groups excluding carboxylic acids is 2. The molecule has 1 aliphatic heterocycles. The smallest absolute Gasteiger partial charge is 0.325 e. The van der Waals surface area contributed by atoms with E-state index in [1.165, 1.54) is 20.2 Å². The summed E-state index contributed by atoms with van der Waals surface area (Å²) in [5, 5.41) is 0. The number of piperidine rings is 1. The lowest BCUT2D eigenvalue weighted by Crippen LogP contribution is -2.37. The molecule has 0 aromatic heterocycles. The number of ketones is 1. The van der Waals surface area contributed by atoms with Gasteiger partial charge in [0.15, 0.2) is 5.78 Å². The maximum absolute atomic E-state index is 13.0. The molecule has 1 unspecified atom stereocenters. The third-order valence-corrected chi connectivity index (χ3v) is 5.55. The Balaban J connectivity index is 1.73. The fourth-order valence-electron chi connectivity index (χ4n) is 3.83. The SMILES string of the molecule is BOC(=O)C(CCCC)CCCN1CCC(C(=O)c2ccc(F)cc2)CC1. The van der Waals surface area contributed by atoms with E-state index in [4.69, 9.17) is 4.65 Å². The van der Waals surface area contributed by atoms with Crippen LogP contribution in [0.4, 0.5) is 4.39 Å². The molecule has 0 radical (unpaired) electrons. The molecule has 0 spiro atoms. The average Bonchev–Trinajstić information content (AvgIpc) is 2.70. The maximum atomic E-state index is 13.0. The molecule has 0 amide bonds. The van der Waals surface area contributed by atoms with Crippen LogP contribution in [0.5, 0.6) is 0 Å². The number of hydrogen-bond acceptors (Lipinski definition) is 4. The predicted molar refractivity (Wildman–Crippen MR) is 107 cm³/mol. The van der Waals surface area contributed by atoms with Crippen molar-refractivity contribution in [3.05, 3.63) is 35.6 Å². The summed E-state index contributed by atoms with van der Waals surface area (Å²) in [4.78, 5) is 26.8. The second-order valence-corrected chi connectivity index (χ2v) is 7.49. The number of rotatable bonds is 10. The summed E-state index contributed by atoms with van der Waals surface area (Å²) >= 11 is 0. The largest absolute Gasteiger partial charge is 0.543 e. The highest BCUT2D eigenvalue weighted by Gasteiger charge is 2.26. The molecule has 1 saturated heterocycles. The zero-order chi connectivity index (χ0) is 19.6. The van der Waals surface area contributed by atoms with Gasteiger partial charge in [-0.3, -0.25) is 9.59 Å². The van der Waals surface area contributed by atoms with Crippen molar-refractivity contribution in [1.82, 2.24) is 4.90 Å². The van der Waals surface area contributed by atoms with Crippen LogP contribution in [-0.4, -0.2) is 44.3 Å². The molecule has 1 fully saturated rings. The van der Waals surface area contributed by atoms with Gasteiger partial charge in [-0.05, 0) is 76.0 Å². The highest BCUT2D eigenvalue weighted by atomic mass is 19.1. The van der Waals surface area contributed by atoms with Crippen LogP contribution >= 0.6 is 0 Å². The summed E-state index contributed by atoms with van der Waals surface area (Å²) in [7, 11) is 1.46. The number of unbranched alkanes of at least 4 members (excludes halogenated alkanes) is 1. The lowest BCUT2D eigenvalue weighted by Gasteiger charge is -2.31. The lowest BCUT2D eigenvalue weighted by molar-refractivity contribution is -0.139. The molecule has 2 rings (SSSR count). The van der Waals surface area contributed by atoms with Crippen molar-refractivity contribution in [2.24, 2.45) is 11.8 Å². The van der Waals surface area contributed by atoms with Gasteiger partial charge in [0, 0.05) is 11.5 Å². The van der Waals surface area contributed by atoms with Gasteiger partial charge in [-0.1, -0.05) is 19.8 Å². The van der Waals surface area contributed by atoms with Gasteiger partial charge in [-0.15, -0.1) is 0 Å². The third-order valence-electron chi connectivity index (χ3n) is 5.55. The van der Waals surface area contributed by atoms with Crippen molar-refractivity contribution in [2.45, 2.75) is 51.9 Å². The van der Waals surface area contributed by atoms with E-state index in [2.05, 4.69) is 11.8 Å². The summed E-state index contributed by atoms with van der Waals surface area (Å²) in [5.74, 6) is -0.246. The van der Waals surface area contributed by atoms with E-state index in [-0.39, 0.29) is 29.4 Å². The minimum atomic E-state index is -0.314. The zero-order valence-electron chi connectivity index (χ0n) is 16.6. The second-order valence-electron chi connectivity index (χ2n) is 7.49. The van der Waals surface area contributed by atoms with Crippen molar-refractivity contribution in [3.8, 4) is 0 Å². The number of benzene rings is 1. The Morgan fingerprint density at radius 3 is 2.41 bits per heavy atom. The second kappa shape index (κ2) is 11.2. The molecule has 1 heterocycles. The highest BCUT2D eigenvalue weighted by molar-refractivity contribution is 6.05. The van der Waals surface area contributed by atoms with Crippen LogP contribution in [-0.2, 0) is 9.45 Å². The third kappa shape index (κ3) is 6.76. The van der Waals surface area contributed by atoms with Crippen molar-refractivity contribution in [2.75, 3.05) is 19.6 Å². The van der Waals surface area contributed by atoms with Crippen LogP contribution in [0, 0.1) is 17.7 Å². The molecule has 0 bridgehead atoms. The molecule has 0 saturated carbocycles. The van der Waals surface area contributed by atoms with Gasteiger partial charge < -0.3 is 9.55 Å². The average molecular weight is 375 g/mol. The number of carbonyl (C=O) groups is 2. The van der Waals surface area contributed by atoms with E-state index in [9.17, 15) is 14.0 Å². The summed E-state index contributed by atoms with van der Waals surface area (Å²) in [6.45, 7) is 4.88. The first-order valence-corrected chi connectivity index (χ1v) is 10.1. The van der Waals surface area contributed by atoms with Gasteiger partial charge in [0.1, 0.15) is 5.82 Å². The molecule has 1 aromatic carbocycles. The topological polar surface area (TPSA) is 46.6 Å². The first-order valence-electron chi connectivity index (χ1n) is 10.1. The van der Waals surface area contributed by atoms with Crippen molar-refractivity contribution in [1.29, 1.82) is 0 Å². The molecule has 0 aliphatic carbocycles. The molecule has 27 heavy (non-hydrogen) atoms. The van der Waals surface area contributed by atoms with Gasteiger partial charge in [0.05, 0.1) is 5.92 Å². The van der Waals surface area contributed by atoms with Crippen molar-refractivity contribution in [3.63, 3.8) is 0 Å². The Labute approximate surface area is 162 Å². The fraction of sp³-hybridized carbons (Fsp3) is 0.619. The predicted octanol–water partition coefficient (Wildman–Crippen LogP) is 3.40. The molecule has 148 valence electrons. The lowest BCUT2D eigenvalue weighted by atomic mass is 9.88. The Kier molecular flexibility index (Phi) is 8.99. The van der Waals surface area contributed by atoms with Crippen LogP contribution in [0.25, 0.3) is 0 Å². The molecular weight excluding hydrogens is 344 g/mol. The minimum absolute atomic E-state index is 0.00698. The van der Waals surface area contributed by atoms with Gasteiger partial charge in [-0.25, -0.2) is 4.39 Å². The molecule has 1 aromatic rings. The standard InChI is InChI=1S/C21H31BFNO3/c1-2-3-5-18(21(26)27-22)6-4-13-24-14-11-17(12-15-24)20(25)16-7-9-19(23)10-8-16/h7-10,17-18H,2-6,11-15,22H2,1H3. The molecule has 0 N–H and O–H groups in total. The Morgan fingerprint density at radius 1 is 1.19 bits per heavy atom. The van der Waals surface area contributed by atoms with E-state index in [1.807, 2.05) is 0 Å². The summed E-state index contributed by atoms with van der Waals surface area (Å²) in [5.41, 5.74) is 0.603. The molecule has 1 atom stereocenters. The van der Waals surface area contributed by atoms with E-state index < -0.39 is 0 Å². The number of hydrogen-bond donors (Lipinski definition) is 0. The van der Waals surface area contributed by atoms with E-state index in [0.29, 0.717) is 5.56 Å². The zero-order valence-corrected chi connectivity index (χ0v) is 16.6. The van der Waals surface area contributed by atoms with Gasteiger partial charge in [0.25, 0.3) is 5.97 Å². The van der Waals surface area contributed by atoms with E-state index >= 15 is 0 Å². The molecule has 4 nitrogen and oxygen atoms in total. The molecule has 6 heteroatoms. The first kappa shape index (κ1) is 21.6. The quantitative estimate of drug-likeness (QED) is 0.465. The van der Waals surface area contributed by atoms with Gasteiger partial charge >= 0.3 is 8.05 Å². The van der Waals surface area contributed by atoms with E-state index in [1.54, 1.807) is 12.1 Å². The summed E-state index contributed by atoms with van der Waals surface area (Å²) in [6, 6.07) is 5.85. The maximum Gasteiger partial charge on any atom is 0.325 e. The Morgan fingerprint density at radius 2 is 1.81 bits per heavy atom. The minimum Gasteiger partial charge on any atom is -0.543 e. The monoisotopic (exact) mass is 375 g/mol. The summed E-state index contributed by atoms with van der Waals surface area (Å²) in [6.07, 6.45) is 6.55. The molecule has 1 aliphatic rings. The van der Waals surface area contributed by atoms with Crippen LogP contribution in [0.2, 0.25) is 0 Å². The highest BCUT2D eigenvalue weighted by Crippen LogP contribution is 2.23. The van der Waals surface area contributed by atoms with Crippen LogP contribution < -0.4 is 0 Å². The van der Waals surface area contributed by atoms with Gasteiger partial charge in [-0.2, -0.15) is 0 Å². The fourth-order valence-corrected chi connectivity index (χ4v) is 3.83. The van der Waals surface area contributed by atoms with Crippen molar-refractivity contribution >= 4 is 19.8 Å². The number of Topliss-reactive ketones (excluding diaryl/α,β-unsaturated/α-hetero) is 1. The number of nitrogens with zero attached hydrogens (tertiary/aromatic N) is 1. The normalized spacial score (nSPS) is 16.8. The summed E-state index contributed by atoms with van der Waals surface area (Å²) < 4.78 is 17.9. The number of likely N-dealkylation sites (tertiary alicyclic amines) is 1. The first-order chi connectivity index (χ1) is 13.0.